The Hall–Kier alpha value is -2.58. The molecule has 2 aromatic carbocycles. The lowest BCUT2D eigenvalue weighted by atomic mass is 10.1. The van der Waals surface area contributed by atoms with Crippen LogP contribution in [0.1, 0.15) is 24.8 Å². The fraction of sp³-hybridized carbons (Fsp3) is 0.381. The third-order valence-electron chi connectivity index (χ3n) is 5.30. The number of nitrogens with one attached hydrogen (secondary N) is 1. The Morgan fingerprint density at radius 3 is 2.62 bits per heavy atom. The summed E-state index contributed by atoms with van der Waals surface area (Å²) in [6.45, 7) is 0.993. The molecular weight excluding hydrogens is 392 g/mol. The second-order valence-electron chi connectivity index (χ2n) is 7.24. The Bertz CT molecular complexity index is 990. The van der Waals surface area contributed by atoms with Gasteiger partial charge in [0, 0.05) is 25.2 Å². The lowest BCUT2D eigenvalue weighted by Crippen LogP contribution is -2.36. The maximum atomic E-state index is 13.1. The molecule has 1 amide bonds. The highest BCUT2D eigenvalue weighted by atomic mass is 32.2. The summed E-state index contributed by atoms with van der Waals surface area (Å²) in [6, 6.07) is 12.2. The van der Waals surface area contributed by atoms with Crippen molar-refractivity contribution in [3.8, 4) is 11.5 Å². The van der Waals surface area contributed by atoms with Gasteiger partial charge in [-0.15, -0.1) is 0 Å². The Morgan fingerprint density at radius 2 is 1.90 bits per heavy atom. The largest absolute Gasteiger partial charge is 0.495 e. The van der Waals surface area contributed by atoms with Crippen LogP contribution in [0.5, 0.6) is 11.5 Å². The average Bonchev–Trinajstić information content (AvgIpc) is 3.19. The molecule has 0 aliphatic carbocycles. The van der Waals surface area contributed by atoms with Gasteiger partial charge in [0.25, 0.3) is 5.91 Å². The second kappa shape index (κ2) is 8.04. The molecule has 1 fully saturated rings. The molecule has 2 aliphatic rings. The minimum atomic E-state index is -3.70. The van der Waals surface area contributed by atoms with Gasteiger partial charge in [-0.3, -0.25) is 4.79 Å². The topological polar surface area (TPSA) is 84.9 Å². The SMILES string of the molecule is COc1ccc(NC(=O)C2Cc3ccccc3O2)cc1S(=O)(=O)N1CCCCC1. The smallest absolute Gasteiger partial charge is 0.265 e. The summed E-state index contributed by atoms with van der Waals surface area (Å²) in [7, 11) is -2.26. The lowest BCUT2D eigenvalue weighted by molar-refractivity contribution is -0.122. The van der Waals surface area contributed by atoms with Crippen LogP contribution in [0.4, 0.5) is 5.69 Å². The van der Waals surface area contributed by atoms with Crippen molar-refractivity contribution >= 4 is 21.6 Å². The number of fused-ring (bicyclic) bond motifs is 1. The standard InChI is InChI=1S/C21H24N2O5S/c1-27-18-10-9-16(14-20(18)29(25,26)23-11-5-2-6-12-23)22-21(24)19-13-15-7-3-4-8-17(15)28-19/h3-4,7-10,14,19H,2,5-6,11-13H2,1H3,(H,22,24). The van der Waals surface area contributed by atoms with Gasteiger partial charge in [-0.05, 0) is 42.7 Å². The summed E-state index contributed by atoms with van der Waals surface area (Å²) in [5.41, 5.74) is 1.38. The van der Waals surface area contributed by atoms with Gasteiger partial charge in [-0.25, -0.2) is 8.42 Å². The normalized spacial score (nSPS) is 19.3. The molecule has 1 atom stereocenters. The molecule has 0 spiro atoms. The van der Waals surface area contributed by atoms with Crippen molar-refractivity contribution in [1.82, 2.24) is 4.31 Å². The number of benzene rings is 2. The molecule has 0 aromatic heterocycles. The maximum absolute atomic E-state index is 13.1. The van der Waals surface area contributed by atoms with Gasteiger partial charge in [0.05, 0.1) is 7.11 Å². The molecule has 0 bridgehead atoms. The van der Waals surface area contributed by atoms with Crippen molar-refractivity contribution in [3.63, 3.8) is 0 Å². The van der Waals surface area contributed by atoms with Crippen LogP contribution < -0.4 is 14.8 Å². The van der Waals surface area contributed by atoms with Crippen LogP contribution >= 0.6 is 0 Å². The van der Waals surface area contributed by atoms with Gasteiger partial charge < -0.3 is 14.8 Å². The Balaban J connectivity index is 1.55. The number of methoxy groups -OCH3 is 1. The van der Waals surface area contributed by atoms with Gasteiger partial charge in [0.15, 0.2) is 6.10 Å². The molecule has 1 unspecified atom stereocenters. The highest BCUT2D eigenvalue weighted by Gasteiger charge is 2.31. The zero-order valence-electron chi connectivity index (χ0n) is 16.3. The van der Waals surface area contributed by atoms with E-state index in [9.17, 15) is 13.2 Å². The molecule has 2 heterocycles. The van der Waals surface area contributed by atoms with Crippen molar-refractivity contribution in [1.29, 1.82) is 0 Å². The summed E-state index contributed by atoms with van der Waals surface area (Å²) in [6.07, 6.45) is 2.56. The first-order chi connectivity index (χ1) is 14.0. The Labute approximate surface area is 170 Å². The van der Waals surface area contributed by atoms with E-state index in [1.807, 2.05) is 24.3 Å². The number of hydrogen-bond donors (Lipinski definition) is 1. The van der Waals surface area contributed by atoms with E-state index in [0.29, 0.717) is 30.9 Å². The number of nitrogens with zero attached hydrogens (tertiary/aromatic N) is 1. The number of amides is 1. The predicted octanol–water partition coefficient (Wildman–Crippen LogP) is 2.81. The number of sulfonamides is 1. The van der Waals surface area contributed by atoms with E-state index in [0.717, 1.165) is 24.8 Å². The summed E-state index contributed by atoms with van der Waals surface area (Å²) < 4.78 is 38.7. The molecular formula is C21H24N2O5S. The molecule has 2 aromatic rings. The van der Waals surface area contributed by atoms with Crippen LogP contribution in [0, 0.1) is 0 Å². The van der Waals surface area contributed by atoms with Crippen molar-refractivity contribution in [2.45, 2.75) is 36.7 Å². The number of ether oxygens (including phenoxy) is 2. The number of rotatable bonds is 5. The third-order valence-corrected chi connectivity index (χ3v) is 7.22. The van der Waals surface area contributed by atoms with Crippen molar-refractivity contribution in [2.24, 2.45) is 0 Å². The Kier molecular flexibility index (Phi) is 5.47. The summed E-state index contributed by atoms with van der Waals surface area (Å²) in [5.74, 6) is 0.654. The maximum Gasteiger partial charge on any atom is 0.265 e. The minimum absolute atomic E-state index is 0.0651. The van der Waals surface area contributed by atoms with E-state index in [1.165, 1.54) is 17.5 Å². The average molecular weight is 416 g/mol. The van der Waals surface area contributed by atoms with E-state index < -0.39 is 16.1 Å². The number of hydrogen-bond acceptors (Lipinski definition) is 5. The number of carbonyl (C=O) groups excluding carboxylic acids is 1. The zero-order valence-corrected chi connectivity index (χ0v) is 17.1. The molecule has 8 heteroatoms. The van der Waals surface area contributed by atoms with Crippen LogP contribution in [-0.2, 0) is 21.2 Å². The van der Waals surface area contributed by atoms with E-state index in [4.69, 9.17) is 9.47 Å². The van der Waals surface area contributed by atoms with Gasteiger partial charge >= 0.3 is 0 Å². The highest BCUT2D eigenvalue weighted by molar-refractivity contribution is 7.89. The summed E-state index contributed by atoms with van der Waals surface area (Å²) in [4.78, 5) is 12.7. The first-order valence-electron chi connectivity index (χ1n) is 9.72. The Morgan fingerprint density at radius 1 is 1.14 bits per heavy atom. The number of piperidine rings is 1. The summed E-state index contributed by atoms with van der Waals surface area (Å²) >= 11 is 0. The molecule has 4 rings (SSSR count). The fourth-order valence-corrected chi connectivity index (χ4v) is 5.45. The molecule has 29 heavy (non-hydrogen) atoms. The molecule has 1 N–H and O–H groups in total. The van der Waals surface area contributed by atoms with Gasteiger partial charge in [0.1, 0.15) is 16.4 Å². The van der Waals surface area contributed by atoms with E-state index >= 15 is 0 Å². The highest BCUT2D eigenvalue weighted by Crippen LogP contribution is 2.32. The van der Waals surface area contributed by atoms with E-state index in [1.54, 1.807) is 12.1 Å². The van der Waals surface area contributed by atoms with Crippen LogP contribution in [0.3, 0.4) is 0 Å². The zero-order chi connectivity index (χ0) is 20.4. The van der Waals surface area contributed by atoms with Crippen molar-refractivity contribution < 1.29 is 22.7 Å². The first kappa shape index (κ1) is 19.7. The van der Waals surface area contributed by atoms with Crippen LogP contribution in [0.25, 0.3) is 0 Å². The fourth-order valence-electron chi connectivity index (χ4n) is 3.75. The van der Waals surface area contributed by atoms with Crippen molar-refractivity contribution in [3.05, 3.63) is 48.0 Å². The van der Waals surface area contributed by atoms with Crippen LogP contribution in [-0.4, -0.2) is 44.9 Å². The lowest BCUT2D eigenvalue weighted by Gasteiger charge is -2.26. The van der Waals surface area contributed by atoms with Gasteiger partial charge in [-0.1, -0.05) is 24.6 Å². The number of para-hydroxylation sites is 1. The molecule has 2 aliphatic heterocycles. The summed E-state index contributed by atoms with van der Waals surface area (Å²) in [5, 5.41) is 2.78. The quantitative estimate of drug-likeness (QED) is 0.810. The molecule has 154 valence electrons. The second-order valence-corrected chi connectivity index (χ2v) is 9.14. The van der Waals surface area contributed by atoms with Crippen LogP contribution in [0.15, 0.2) is 47.4 Å². The molecule has 0 saturated carbocycles. The number of carbonyl (C=O) groups is 1. The van der Waals surface area contributed by atoms with E-state index in [2.05, 4.69) is 5.32 Å². The predicted molar refractivity (Wildman–Crippen MR) is 109 cm³/mol. The molecule has 7 nitrogen and oxygen atoms in total. The monoisotopic (exact) mass is 416 g/mol. The third kappa shape index (κ3) is 3.95. The first-order valence-corrected chi connectivity index (χ1v) is 11.2. The minimum Gasteiger partial charge on any atom is -0.495 e. The van der Waals surface area contributed by atoms with Gasteiger partial charge in [-0.2, -0.15) is 4.31 Å². The molecule has 0 radical (unpaired) electrons. The van der Waals surface area contributed by atoms with Gasteiger partial charge in [0.2, 0.25) is 10.0 Å². The van der Waals surface area contributed by atoms with Crippen LogP contribution in [0.2, 0.25) is 0 Å². The number of anilines is 1. The van der Waals surface area contributed by atoms with E-state index in [-0.39, 0.29) is 16.6 Å². The molecule has 1 saturated heterocycles. The van der Waals surface area contributed by atoms with Crippen molar-refractivity contribution in [2.75, 3.05) is 25.5 Å².